The molecule has 0 aliphatic rings. The highest BCUT2D eigenvalue weighted by Crippen LogP contribution is 2.33. The fourth-order valence-corrected chi connectivity index (χ4v) is 4.56. The van der Waals surface area contributed by atoms with E-state index in [2.05, 4.69) is 25.9 Å². The summed E-state index contributed by atoms with van der Waals surface area (Å²) in [5.74, 6) is 0.495. The maximum absolute atomic E-state index is 11.5. The van der Waals surface area contributed by atoms with Crippen molar-refractivity contribution >= 4 is 76.8 Å². The second-order valence-electron chi connectivity index (χ2n) is 7.88. The number of carbonyl (C=O) groups excluding carboxylic acids is 1. The van der Waals surface area contributed by atoms with E-state index >= 15 is 0 Å². The monoisotopic (exact) mass is 502 g/mol. The fraction of sp³-hybridized carbons (Fsp3) is 0.136. The summed E-state index contributed by atoms with van der Waals surface area (Å²) in [7, 11) is -1.58. The average Bonchev–Trinajstić information content (AvgIpc) is 2.80. The lowest BCUT2D eigenvalue weighted by Gasteiger charge is -2.27. The molecule has 0 atom stereocenters. The molecule has 2 aromatic heterocycles. The quantitative estimate of drug-likeness (QED) is 0.283. The van der Waals surface area contributed by atoms with Crippen LogP contribution >= 0.6 is 15.9 Å². The Morgan fingerprint density at radius 1 is 1.03 bits per heavy atom. The molecule has 2 N–H and O–H groups in total. The molecule has 7 nitrogen and oxygen atoms in total. The predicted molar refractivity (Wildman–Crippen MR) is 141 cm³/mol. The molecular weight excluding hydrogens is 481 g/mol. The van der Waals surface area contributed by atoms with Crippen LogP contribution in [-0.2, 0) is 11.3 Å². The van der Waals surface area contributed by atoms with E-state index in [1.165, 1.54) is 4.72 Å². The van der Waals surface area contributed by atoms with E-state index in [4.69, 9.17) is 0 Å². The average molecular weight is 503 g/mol. The van der Waals surface area contributed by atoms with Crippen molar-refractivity contribution in [3.63, 3.8) is 0 Å². The third kappa shape index (κ3) is 4.76. The molecule has 0 aliphatic heterocycles. The lowest BCUT2D eigenvalue weighted by atomic mass is 9.69. The molecule has 2 aromatic carbocycles. The Labute approximate surface area is 202 Å². The van der Waals surface area contributed by atoms with Gasteiger partial charge in [0.25, 0.3) is 0 Å². The zero-order valence-corrected chi connectivity index (χ0v) is 20.0. The fourth-order valence-electron chi connectivity index (χ4n) is 4.13. The summed E-state index contributed by atoms with van der Waals surface area (Å²) >= 11 is 3.58. The summed E-state index contributed by atoms with van der Waals surface area (Å²) < 4.78 is 2.26. The number of hydrogen-bond donors (Lipinski definition) is 2. The van der Waals surface area contributed by atoms with Gasteiger partial charge in [-0.1, -0.05) is 30.3 Å². The molecule has 0 radical (unpaired) electrons. The number of anilines is 2. The van der Waals surface area contributed by atoms with Crippen molar-refractivity contribution in [3.8, 4) is 0 Å². The highest BCUT2D eigenvalue weighted by molar-refractivity contribution is 9.10. The Kier molecular flexibility index (Phi) is 7.02. The van der Waals surface area contributed by atoms with Crippen LogP contribution in [0.2, 0.25) is 13.6 Å². The summed E-state index contributed by atoms with van der Waals surface area (Å²) in [6, 6.07) is 15.7. The van der Waals surface area contributed by atoms with Gasteiger partial charge in [-0.2, -0.15) is 0 Å². The first kappa shape index (κ1) is 23.3. The van der Waals surface area contributed by atoms with Gasteiger partial charge in [-0.3, -0.25) is 4.98 Å². The van der Waals surface area contributed by atoms with Gasteiger partial charge in [0.15, 0.2) is 0 Å². The van der Waals surface area contributed by atoms with E-state index in [1.807, 2.05) is 53.3 Å². The molecule has 0 saturated heterocycles. The van der Waals surface area contributed by atoms with Crippen LogP contribution in [0.4, 0.5) is 11.5 Å². The van der Waals surface area contributed by atoms with Crippen LogP contribution in [0.25, 0.3) is 21.7 Å². The molecule has 0 bridgehead atoms. The third-order valence-corrected chi connectivity index (χ3v) is 6.20. The predicted octanol–water partition coefficient (Wildman–Crippen LogP) is 3.12. The molecule has 0 aliphatic carbocycles. The molecule has 33 heavy (non-hydrogen) atoms. The van der Waals surface area contributed by atoms with Gasteiger partial charge in [0.2, 0.25) is 0 Å². The normalized spacial score (nSPS) is 10.8. The first-order valence-electron chi connectivity index (χ1n) is 10.6. The number of pyridine rings is 2. The number of rotatable bonds is 8. The van der Waals surface area contributed by atoms with E-state index < -0.39 is 14.1 Å². The van der Waals surface area contributed by atoms with Gasteiger partial charge in [-0.15, -0.1) is 0 Å². The number of halogens is 1. The van der Waals surface area contributed by atoms with Gasteiger partial charge >= 0.3 is 21.5 Å². The number of fused-ring (bicyclic) bond motifs is 2. The molecule has 0 amide bonds. The number of nitrogens with zero attached hydrogens (tertiary/aromatic N) is 4. The van der Waals surface area contributed by atoms with Gasteiger partial charge in [0.1, 0.15) is 12.0 Å². The van der Waals surface area contributed by atoms with E-state index in [0.29, 0.717) is 12.4 Å². The zero-order valence-electron chi connectivity index (χ0n) is 18.4. The Morgan fingerprint density at radius 3 is 2.52 bits per heavy atom. The van der Waals surface area contributed by atoms with Gasteiger partial charge in [-0.05, 0) is 53.3 Å². The summed E-state index contributed by atoms with van der Waals surface area (Å²) in [6.07, 6.45) is 4.32. The lowest BCUT2D eigenvalue weighted by Crippen LogP contribution is -2.47. The molecular formula is C22H22B3BrN4O3. The Hall–Kier alpha value is -2.88. The minimum atomic E-state index is -0.912. The molecule has 0 saturated carbocycles. The molecule has 164 valence electrons. The number of aromatic nitrogens is 2. The van der Waals surface area contributed by atoms with Crippen LogP contribution in [0.5, 0.6) is 0 Å². The van der Waals surface area contributed by atoms with Crippen molar-refractivity contribution < 1.29 is 14.8 Å². The first-order chi connectivity index (χ1) is 15.9. The van der Waals surface area contributed by atoms with Crippen molar-refractivity contribution in [2.75, 3.05) is 9.53 Å². The molecule has 0 fully saturated rings. The van der Waals surface area contributed by atoms with Gasteiger partial charge in [0, 0.05) is 45.3 Å². The Balaban J connectivity index is 1.76. The third-order valence-electron chi connectivity index (χ3n) is 5.57. The molecule has 0 unspecified atom stereocenters. The second-order valence-corrected chi connectivity index (χ2v) is 8.73. The van der Waals surface area contributed by atoms with E-state index in [0.717, 1.165) is 43.6 Å². The maximum Gasteiger partial charge on any atom is 0.399 e. The highest BCUT2D eigenvalue weighted by Gasteiger charge is 2.27. The highest BCUT2D eigenvalue weighted by atomic mass is 79.9. The van der Waals surface area contributed by atoms with Crippen molar-refractivity contribution in [2.45, 2.75) is 20.2 Å². The largest absolute Gasteiger partial charge is 0.433 e. The molecule has 2 heterocycles. The van der Waals surface area contributed by atoms with Gasteiger partial charge < -0.3 is 24.4 Å². The number of benzene rings is 2. The number of carbonyl (C=O) groups is 1. The topological polar surface area (TPSA) is 89.8 Å². The van der Waals surface area contributed by atoms with Crippen LogP contribution in [0, 0.1) is 0 Å². The Bertz CT molecular complexity index is 1300. The molecule has 4 aromatic rings. The standard InChI is InChI=1S/C22H22B3BrN4O3/c1-24(32)30(25(2)33)22-16-8-7-15(11-18(16)19(26)12-28-22)13-29(23-14-31)21-9-10-27-20-6-4-3-5-17(20)21/h3-12,14,23,32-33H,13H2,1-2H3. The van der Waals surface area contributed by atoms with E-state index in [9.17, 15) is 14.8 Å². The van der Waals surface area contributed by atoms with Crippen molar-refractivity contribution in [1.29, 1.82) is 0 Å². The van der Waals surface area contributed by atoms with Crippen molar-refractivity contribution in [3.05, 3.63) is 71.0 Å². The molecule has 4 rings (SSSR count). The van der Waals surface area contributed by atoms with Crippen LogP contribution in [0.15, 0.2) is 65.4 Å². The maximum atomic E-state index is 11.5. The SMILES string of the molecule is CB(O)N(B(C)O)c1ncc(Br)c2cc(CN(BC=O)c3ccnc4ccccc34)ccc12. The van der Waals surface area contributed by atoms with Crippen LogP contribution in [0.3, 0.4) is 0 Å². The lowest BCUT2D eigenvalue weighted by molar-refractivity contribution is 0.554. The number of para-hydroxylation sites is 1. The van der Waals surface area contributed by atoms with Crippen molar-refractivity contribution in [2.24, 2.45) is 0 Å². The van der Waals surface area contributed by atoms with Crippen LogP contribution in [0.1, 0.15) is 5.56 Å². The summed E-state index contributed by atoms with van der Waals surface area (Å²) in [4.78, 5) is 22.4. The summed E-state index contributed by atoms with van der Waals surface area (Å²) in [6.45, 7) is 3.70. The second kappa shape index (κ2) is 9.95. The first-order valence-corrected chi connectivity index (χ1v) is 11.4. The Morgan fingerprint density at radius 2 is 1.79 bits per heavy atom. The van der Waals surface area contributed by atoms with E-state index in [1.54, 1.807) is 26.0 Å². The smallest absolute Gasteiger partial charge is 0.399 e. The minimum absolute atomic E-state index is 0.243. The summed E-state index contributed by atoms with van der Waals surface area (Å²) in [5, 5.41) is 23.0. The van der Waals surface area contributed by atoms with Crippen molar-refractivity contribution in [1.82, 2.24) is 9.97 Å². The van der Waals surface area contributed by atoms with Crippen LogP contribution < -0.4 is 9.53 Å². The summed E-state index contributed by atoms with van der Waals surface area (Å²) in [5.41, 5.74) is 2.82. The van der Waals surface area contributed by atoms with E-state index in [-0.39, 0.29) is 7.41 Å². The minimum Gasteiger partial charge on any atom is -0.433 e. The number of hydrogen-bond acceptors (Lipinski definition) is 7. The van der Waals surface area contributed by atoms with Gasteiger partial charge in [-0.25, -0.2) is 4.98 Å². The van der Waals surface area contributed by atoms with Gasteiger partial charge in [0.05, 0.1) is 5.52 Å². The van der Waals surface area contributed by atoms with Crippen LogP contribution in [-0.4, -0.2) is 47.7 Å². The molecule has 11 heteroatoms. The molecule has 0 spiro atoms. The zero-order chi connectivity index (χ0) is 23.5.